The molecular formula is C16H17Cl3N2. The van der Waals surface area contributed by atoms with E-state index in [9.17, 15) is 0 Å². The van der Waals surface area contributed by atoms with E-state index in [1.807, 2.05) is 24.3 Å². The van der Waals surface area contributed by atoms with E-state index in [4.69, 9.17) is 34.8 Å². The molecule has 1 saturated heterocycles. The number of rotatable bonds is 2. The van der Waals surface area contributed by atoms with E-state index in [0.717, 1.165) is 36.8 Å². The van der Waals surface area contributed by atoms with E-state index >= 15 is 0 Å². The molecule has 1 N–H and O–H groups in total. The van der Waals surface area contributed by atoms with Crippen molar-refractivity contribution in [3.05, 3.63) is 51.5 Å². The van der Waals surface area contributed by atoms with Gasteiger partial charge in [-0.3, -0.25) is 0 Å². The lowest BCUT2D eigenvalue weighted by atomic mass is 9.90. The van der Waals surface area contributed by atoms with Crippen LogP contribution in [0.4, 0.5) is 5.69 Å². The highest BCUT2D eigenvalue weighted by Gasteiger charge is 2.30. The quantitative estimate of drug-likeness (QED) is 0.852. The van der Waals surface area contributed by atoms with Crippen molar-refractivity contribution in [2.75, 3.05) is 24.5 Å². The van der Waals surface area contributed by atoms with Crippen molar-refractivity contribution in [1.82, 2.24) is 5.32 Å². The molecule has 1 aromatic rings. The zero-order valence-electron chi connectivity index (χ0n) is 11.5. The first kappa shape index (κ1) is 15.2. The summed E-state index contributed by atoms with van der Waals surface area (Å²) in [5.74, 6) is 0.437. The number of allylic oxidation sites excluding steroid dienone is 3. The molecule has 1 aliphatic heterocycles. The first-order valence-corrected chi connectivity index (χ1v) is 8.25. The maximum absolute atomic E-state index is 6.39. The number of anilines is 1. The SMILES string of the molecule is ClC1=CCC([C@@H]2CNCCN2c2ccc(Cl)cc2Cl)C=C1. The van der Waals surface area contributed by atoms with E-state index < -0.39 is 0 Å². The Morgan fingerprint density at radius 3 is 2.76 bits per heavy atom. The fourth-order valence-corrected chi connectivity index (χ4v) is 3.70. The van der Waals surface area contributed by atoms with Crippen LogP contribution < -0.4 is 10.2 Å². The second-order valence-corrected chi connectivity index (χ2v) is 6.69. The van der Waals surface area contributed by atoms with E-state index in [1.165, 1.54) is 0 Å². The Kier molecular flexibility index (Phi) is 4.80. The van der Waals surface area contributed by atoms with Gasteiger partial charge in [-0.25, -0.2) is 0 Å². The van der Waals surface area contributed by atoms with Crippen molar-refractivity contribution in [2.45, 2.75) is 12.5 Å². The topological polar surface area (TPSA) is 15.3 Å². The zero-order valence-corrected chi connectivity index (χ0v) is 13.8. The number of benzene rings is 1. The molecule has 0 amide bonds. The second kappa shape index (κ2) is 6.62. The Labute approximate surface area is 140 Å². The van der Waals surface area contributed by atoms with Crippen LogP contribution in [-0.4, -0.2) is 25.7 Å². The Morgan fingerprint density at radius 2 is 2.05 bits per heavy atom. The highest BCUT2D eigenvalue weighted by molar-refractivity contribution is 6.36. The van der Waals surface area contributed by atoms with Gasteiger partial charge in [0.15, 0.2) is 0 Å². The fourth-order valence-electron chi connectivity index (χ4n) is 3.02. The minimum Gasteiger partial charge on any atom is -0.364 e. The average Bonchev–Trinajstić information content (AvgIpc) is 2.48. The van der Waals surface area contributed by atoms with Crippen LogP contribution in [0, 0.1) is 5.92 Å². The van der Waals surface area contributed by atoms with Crippen LogP contribution in [-0.2, 0) is 0 Å². The zero-order chi connectivity index (χ0) is 14.8. The van der Waals surface area contributed by atoms with Crippen molar-refractivity contribution >= 4 is 40.5 Å². The molecule has 2 aliphatic rings. The third kappa shape index (κ3) is 3.40. The van der Waals surface area contributed by atoms with Crippen molar-refractivity contribution in [3.8, 4) is 0 Å². The molecule has 0 bridgehead atoms. The van der Waals surface area contributed by atoms with Gasteiger partial charge in [0, 0.05) is 41.6 Å². The van der Waals surface area contributed by atoms with Gasteiger partial charge < -0.3 is 10.2 Å². The standard InChI is InChI=1S/C16H17Cl3N2/c17-12-3-1-11(2-4-12)16-10-20-7-8-21(16)15-6-5-13(18)9-14(15)19/h1,3-6,9,11,16,20H,2,7-8,10H2/t11?,16-/m0/s1. The summed E-state index contributed by atoms with van der Waals surface area (Å²) in [6.45, 7) is 2.84. The lowest BCUT2D eigenvalue weighted by Crippen LogP contribution is -2.54. The van der Waals surface area contributed by atoms with Crippen molar-refractivity contribution in [2.24, 2.45) is 5.92 Å². The van der Waals surface area contributed by atoms with Crippen molar-refractivity contribution in [3.63, 3.8) is 0 Å². The largest absolute Gasteiger partial charge is 0.364 e. The minimum atomic E-state index is 0.370. The van der Waals surface area contributed by atoms with E-state index in [1.54, 1.807) is 0 Å². The summed E-state index contributed by atoms with van der Waals surface area (Å²) < 4.78 is 0. The maximum Gasteiger partial charge on any atom is 0.0654 e. The Balaban J connectivity index is 1.86. The number of piperazine rings is 1. The Morgan fingerprint density at radius 1 is 1.19 bits per heavy atom. The highest BCUT2D eigenvalue weighted by atomic mass is 35.5. The molecule has 1 aliphatic carbocycles. The van der Waals surface area contributed by atoms with Gasteiger partial charge in [0.1, 0.15) is 0 Å². The van der Waals surface area contributed by atoms with Gasteiger partial charge in [-0.15, -0.1) is 0 Å². The summed E-state index contributed by atoms with van der Waals surface area (Å²) in [7, 11) is 0. The predicted octanol–water partition coefficient (Wildman–Crippen LogP) is 4.47. The number of nitrogens with one attached hydrogen (secondary N) is 1. The molecule has 0 saturated carbocycles. The molecule has 2 nitrogen and oxygen atoms in total. The van der Waals surface area contributed by atoms with Crippen LogP contribution in [0.2, 0.25) is 10.0 Å². The number of halogens is 3. The molecule has 0 aromatic heterocycles. The molecule has 112 valence electrons. The lowest BCUT2D eigenvalue weighted by molar-refractivity contribution is 0.397. The van der Waals surface area contributed by atoms with Crippen molar-refractivity contribution < 1.29 is 0 Å². The van der Waals surface area contributed by atoms with Gasteiger partial charge in [-0.05, 0) is 30.7 Å². The predicted molar refractivity (Wildman–Crippen MR) is 91.6 cm³/mol. The van der Waals surface area contributed by atoms with Crippen LogP contribution >= 0.6 is 34.8 Å². The van der Waals surface area contributed by atoms with Crippen molar-refractivity contribution in [1.29, 1.82) is 0 Å². The lowest BCUT2D eigenvalue weighted by Gasteiger charge is -2.42. The number of hydrogen-bond acceptors (Lipinski definition) is 2. The number of hydrogen-bond donors (Lipinski definition) is 1. The minimum absolute atomic E-state index is 0.370. The molecule has 1 unspecified atom stereocenters. The molecule has 5 heteroatoms. The smallest absolute Gasteiger partial charge is 0.0654 e. The van der Waals surface area contributed by atoms with Gasteiger partial charge in [0.05, 0.1) is 10.7 Å². The first-order chi connectivity index (χ1) is 10.1. The normalized spacial score (nSPS) is 25.9. The van der Waals surface area contributed by atoms with Crippen LogP contribution in [0.25, 0.3) is 0 Å². The maximum atomic E-state index is 6.39. The number of nitrogens with zero attached hydrogens (tertiary/aromatic N) is 1. The molecule has 1 fully saturated rings. The summed E-state index contributed by atoms with van der Waals surface area (Å²) in [5, 5.41) is 5.68. The van der Waals surface area contributed by atoms with Gasteiger partial charge in [-0.2, -0.15) is 0 Å². The molecule has 0 spiro atoms. The van der Waals surface area contributed by atoms with Crippen LogP contribution in [0.3, 0.4) is 0 Å². The van der Waals surface area contributed by atoms with Crippen LogP contribution in [0.15, 0.2) is 41.5 Å². The van der Waals surface area contributed by atoms with Gasteiger partial charge >= 0.3 is 0 Å². The Hall–Kier alpha value is -0.670. The van der Waals surface area contributed by atoms with E-state index in [-0.39, 0.29) is 0 Å². The molecule has 1 aromatic carbocycles. The van der Waals surface area contributed by atoms with Gasteiger partial charge in [-0.1, -0.05) is 47.0 Å². The van der Waals surface area contributed by atoms with Crippen LogP contribution in [0.1, 0.15) is 6.42 Å². The third-order valence-corrected chi connectivity index (χ3v) is 4.90. The summed E-state index contributed by atoms with van der Waals surface area (Å²) in [5.41, 5.74) is 1.06. The molecule has 21 heavy (non-hydrogen) atoms. The second-order valence-electron chi connectivity index (χ2n) is 5.41. The average molecular weight is 344 g/mol. The monoisotopic (exact) mass is 342 g/mol. The molecule has 2 atom stereocenters. The molecule has 0 radical (unpaired) electrons. The third-order valence-electron chi connectivity index (χ3n) is 4.08. The fraction of sp³-hybridized carbons (Fsp3) is 0.375. The van der Waals surface area contributed by atoms with Gasteiger partial charge in [0.25, 0.3) is 0 Å². The molecule has 3 rings (SSSR count). The summed E-state index contributed by atoms with van der Waals surface area (Å²) in [4.78, 5) is 2.39. The van der Waals surface area contributed by atoms with Gasteiger partial charge in [0.2, 0.25) is 0 Å². The Bertz CT molecular complexity index is 583. The summed E-state index contributed by atoms with van der Waals surface area (Å²) >= 11 is 18.4. The van der Waals surface area contributed by atoms with Crippen LogP contribution in [0.5, 0.6) is 0 Å². The highest BCUT2D eigenvalue weighted by Crippen LogP contribution is 2.34. The van der Waals surface area contributed by atoms with E-state index in [2.05, 4.69) is 22.4 Å². The summed E-state index contributed by atoms with van der Waals surface area (Å²) in [6, 6.07) is 6.09. The summed E-state index contributed by atoms with van der Waals surface area (Å²) in [6.07, 6.45) is 7.24. The molecular weight excluding hydrogens is 327 g/mol. The van der Waals surface area contributed by atoms with E-state index in [0.29, 0.717) is 22.0 Å². The first-order valence-electron chi connectivity index (χ1n) is 7.11. The molecule has 1 heterocycles.